The van der Waals surface area contributed by atoms with Crippen molar-refractivity contribution in [1.82, 2.24) is 4.98 Å². The summed E-state index contributed by atoms with van der Waals surface area (Å²) < 4.78 is 0. The first-order valence-corrected chi connectivity index (χ1v) is 8.80. The van der Waals surface area contributed by atoms with Gasteiger partial charge < -0.3 is 21.1 Å². The summed E-state index contributed by atoms with van der Waals surface area (Å²) in [5.41, 5.74) is 1.34. The third kappa shape index (κ3) is 12.7. The van der Waals surface area contributed by atoms with Gasteiger partial charge in [0.15, 0.2) is 0 Å². The predicted octanol–water partition coefficient (Wildman–Crippen LogP) is 5.27. The molecule has 0 fully saturated rings. The number of benzene rings is 1. The Labute approximate surface area is 188 Å². The topological polar surface area (TPSA) is 91.8 Å². The van der Waals surface area contributed by atoms with Crippen molar-refractivity contribution < 1.29 is 40.9 Å². The molecular weight excluding hydrogens is 549 g/mol. The van der Waals surface area contributed by atoms with Gasteiger partial charge in [0.2, 0.25) is 0 Å². The van der Waals surface area contributed by atoms with Crippen LogP contribution in [0.25, 0.3) is 11.3 Å². The summed E-state index contributed by atoms with van der Waals surface area (Å²) in [5.74, 6) is 0.414. The number of carboxylic acids is 1. The van der Waals surface area contributed by atoms with E-state index in [1.54, 1.807) is 20.0 Å². The van der Waals surface area contributed by atoms with Gasteiger partial charge in [0.25, 0.3) is 5.97 Å². The summed E-state index contributed by atoms with van der Waals surface area (Å²) in [7, 11) is 0. The maximum Gasteiger partial charge on any atom is 2.00 e. The Bertz CT molecular complexity index is 715. The van der Waals surface area contributed by atoms with E-state index in [-0.39, 0.29) is 32.6 Å². The number of aromatic nitrogens is 1. The van der Waals surface area contributed by atoms with Gasteiger partial charge in [-0.25, -0.2) is 0 Å². The summed E-state index contributed by atoms with van der Waals surface area (Å²) >= 11 is 0. The Morgan fingerprint density at radius 3 is 2.00 bits per heavy atom. The number of pyridine rings is 1. The molecule has 2 rings (SSSR count). The van der Waals surface area contributed by atoms with E-state index in [4.69, 9.17) is 15.0 Å². The summed E-state index contributed by atoms with van der Waals surface area (Å²) in [6.07, 6.45) is 3.07. The minimum atomic E-state index is -0.762. The molecule has 0 aliphatic carbocycles. The molecule has 1 aromatic heterocycles. The molecule has 0 aliphatic rings. The molecule has 160 valence electrons. The average molecular weight is 580 g/mol. The van der Waals surface area contributed by atoms with Gasteiger partial charge in [0, 0.05) is 6.20 Å². The smallest absolute Gasteiger partial charge is 0.512 e. The zero-order valence-corrected chi connectivity index (χ0v) is 20.0. The van der Waals surface area contributed by atoms with Crippen molar-refractivity contribution in [3.8, 4) is 11.3 Å². The number of rotatable bonds is 4. The fourth-order valence-electron chi connectivity index (χ4n) is 1.59. The molecule has 3 N–H and O–H groups in total. The van der Waals surface area contributed by atoms with E-state index < -0.39 is 11.4 Å². The number of carboxylic acid groups (broad SMARTS) is 1. The minimum absolute atomic E-state index is 0. The molecule has 0 bridgehead atoms. The quantitative estimate of drug-likeness (QED) is 0.224. The molecule has 0 spiro atoms. The normalized spacial score (nSPS) is 10.5. The van der Waals surface area contributed by atoms with Crippen LogP contribution >= 0.6 is 0 Å². The fraction of sp³-hybridized carbons (Fsp3) is 0.304. The maximum absolute atomic E-state index is 10.4. The van der Waals surface area contributed by atoms with E-state index in [0.717, 1.165) is 17.2 Å². The van der Waals surface area contributed by atoms with Crippen LogP contribution in [0.4, 0.5) is 0 Å². The summed E-state index contributed by atoms with van der Waals surface area (Å²) in [6, 6.07) is 16.8. The molecule has 29 heavy (non-hydrogen) atoms. The number of hydrogen-bond donors (Lipinski definition) is 2. The van der Waals surface area contributed by atoms with Crippen LogP contribution in [0.2, 0.25) is 0 Å². The molecule has 2 aromatic rings. The van der Waals surface area contributed by atoms with Gasteiger partial charge >= 0.3 is 26.8 Å². The van der Waals surface area contributed by atoms with Gasteiger partial charge in [0.1, 0.15) is 0 Å². The Kier molecular flexibility index (Phi) is 14.7. The molecule has 6 heteroatoms. The van der Waals surface area contributed by atoms with Crippen molar-refractivity contribution >= 4 is 11.8 Å². The Hall–Kier alpha value is -2.26. The van der Waals surface area contributed by atoms with Crippen LogP contribution < -0.4 is 0 Å². The number of aliphatic hydroxyl groups excluding tert-OH is 1. The van der Waals surface area contributed by atoms with E-state index in [1.165, 1.54) is 19.9 Å². The van der Waals surface area contributed by atoms with Crippen molar-refractivity contribution in [2.45, 2.75) is 41.5 Å². The Morgan fingerprint density at radius 2 is 1.72 bits per heavy atom. The molecule has 0 amide bonds. The number of aliphatic hydroxyl groups is 1. The van der Waals surface area contributed by atoms with Crippen LogP contribution in [0.1, 0.15) is 41.5 Å². The van der Waals surface area contributed by atoms with Crippen LogP contribution in [0, 0.1) is 17.4 Å². The van der Waals surface area contributed by atoms with Crippen molar-refractivity contribution in [1.29, 1.82) is 0 Å². The molecule has 5 nitrogen and oxygen atoms in total. The molecule has 0 atom stereocenters. The number of carbonyl (C=O) groups is 1. The fourth-order valence-corrected chi connectivity index (χ4v) is 1.59. The largest absolute Gasteiger partial charge is 2.00 e. The molecule has 0 saturated heterocycles. The average Bonchev–Trinajstić information content (AvgIpc) is 2.63. The standard InChI is InChI=1S/C11H8N.C7H13O2.C5H8O2.Pt/c1-2-6-10(7-3-1)11-8-4-5-9-12-11;1-5(2)7(3,4)6(8)9;1-4(6)3-5(2)7;/h1-6,8-9H;1-4H3,(H,8,9);3,6H,1-2H3;/q2*-1;;+2/p+1/b;;4-3-;. The minimum Gasteiger partial charge on any atom is -0.512 e. The van der Waals surface area contributed by atoms with Crippen LogP contribution in [-0.2, 0) is 25.9 Å². The molecule has 0 aliphatic heterocycles. The third-order valence-corrected chi connectivity index (χ3v) is 3.85. The second-order valence-corrected chi connectivity index (χ2v) is 6.85. The van der Waals surface area contributed by atoms with Gasteiger partial charge in [-0.15, -0.1) is 35.9 Å². The first-order valence-electron chi connectivity index (χ1n) is 8.80. The number of nitrogens with zero attached hydrogens (tertiary/aromatic N) is 1. The zero-order valence-electron chi connectivity index (χ0n) is 17.7. The number of carbonyl (C=O) groups excluding carboxylic acids is 1. The molecular formula is C23H30NO4Pt+. The van der Waals surface area contributed by atoms with Crippen LogP contribution in [0.15, 0.2) is 60.5 Å². The van der Waals surface area contributed by atoms with E-state index in [0.29, 0.717) is 0 Å². The summed E-state index contributed by atoms with van der Waals surface area (Å²) in [6.45, 7) is 10.1. The van der Waals surface area contributed by atoms with E-state index in [2.05, 4.69) is 11.1 Å². The Morgan fingerprint density at radius 1 is 1.14 bits per heavy atom. The molecule has 0 unspecified atom stereocenters. The van der Waals surface area contributed by atoms with Crippen LogP contribution in [-0.4, -0.2) is 31.7 Å². The first-order chi connectivity index (χ1) is 13.0. The maximum atomic E-state index is 10.4. The van der Waals surface area contributed by atoms with Gasteiger partial charge in [-0.2, -0.15) is 13.8 Å². The zero-order chi connectivity index (χ0) is 21.7. The van der Waals surface area contributed by atoms with Crippen molar-refractivity contribution in [3.05, 3.63) is 72.5 Å². The van der Waals surface area contributed by atoms with E-state index in [9.17, 15) is 4.79 Å². The molecule has 0 saturated carbocycles. The molecule has 0 radical (unpaired) electrons. The molecule has 1 aromatic carbocycles. The first kappa shape index (κ1) is 28.9. The summed E-state index contributed by atoms with van der Waals surface area (Å²) in [4.78, 5) is 23.1. The van der Waals surface area contributed by atoms with E-state index >= 15 is 0 Å². The van der Waals surface area contributed by atoms with E-state index in [1.807, 2.05) is 56.3 Å². The number of aliphatic carboxylic acids is 1. The van der Waals surface area contributed by atoms with Crippen molar-refractivity contribution in [2.75, 3.05) is 0 Å². The summed E-state index contributed by atoms with van der Waals surface area (Å²) in [5, 5.41) is 17.0. The predicted molar refractivity (Wildman–Crippen MR) is 114 cm³/mol. The Balaban J connectivity index is 0. The van der Waals surface area contributed by atoms with Crippen LogP contribution in [0.3, 0.4) is 0 Å². The second-order valence-electron chi connectivity index (χ2n) is 6.85. The second kappa shape index (κ2) is 14.7. The molecule has 1 heterocycles. The van der Waals surface area contributed by atoms with Gasteiger partial charge in [-0.3, -0.25) is 9.59 Å². The monoisotopic (exact) mass is 579 g/mol. The van der Waals surface area contributed by atoms with Gasteiger partial charge in [-0.05, 0) is 18.7 Å². The number of ketones is 1. The number of hydrogen-bond acceptors (Lipinski definition) is 3. The van der Waals surface area contributed by atoms with Crippen molar-refractivity contribution in [3.63, 3.8) is 0 Å². The van der Waals surface area contributed by atoms with Gasteiger partial charge in [0.05, 0.1) is 18.8 Å². The third-order valence-electron chi connectivity index (χ3n) is 3.85. The van der Waals surface area contributed by atoms with Crippen molar-refractivity contribution in [2.24, 2.45) is 5.41 Å². The van der Waals surface area contributed by atoms with Crippen LogP contribution in [0.5, 0.6) is 0 Å². The number of allylic oxidation sites excluding steroid dienone is 2. The van der Waals surface area contributed by atoms with Gasteiger partial charge in [-0.1, -0.05) is 31.4 Å². The SMILES string of the molecule is CC(=[OH+])/C=C(/C)O.C[C-](C)C(C)(C)C(=O)O.[Pt+2].[c-]1ccccc1-c1ccccn1.